The van der Waals surface area contributed by atoms with Gasteiger partial charge in [-0.15, -0.1) is 0 Å². The van der Waals surface area contributed by atoms with Gasteiger partial charge in [-0.3, -0.25) is 4.79 Å². The van der Waals surface area contributed by atoms with E-state index in [1.54, 1.807) is 0 Å². The molecule has 2 heterocycles. The highest BCUT2D eigenvalue weighted by atomic mass is 16.7. The van der Waals surface area contributed by atoms with Crippen LogP contribution in [0.4, 0.5) is 0 Å². The lowest BCUT2D eigenvalue weighted by Crippen LogP contribution is -2.40. The molecule has 0 atom stereocenters. The first-order valence-electron chi connectivity index (χ1n) is 8.18. The topological polar surface area (TPSA) is 66.0 Å². The zero-order chi connectivity index (χ0) is 15.7. The molecule has 1 spiro atoms. The minimum absolute atomic E-state index is 0.0439. The van der Waals surface area contributed by atoms with E-state index in [0.717, 1.165) is 42.7 Å². The molecule has 1 aliphatic carbocycles. The summed E-state index contributed by atoms with van der Waals surface area (Å²) in [7, 11) is 0. The van der Waals surface area contributed by atoms with Crippen LogP contribution in [0.1, 0.15) is 31.2 Å². The number of carbonyl (C=O) groups is 1. The van der Waals surface area contributed by atoms with Gasteiger partial charge in [0.15, 0.2) is 17.3 Å². The Hall–Kier alpha value is -1.79. The molecule has 124 valence electrons. The smallest absolute Gasteiger partial charge is 0.231 e. The third-order valence-electron chi connectivity index (χ3n) is 4.84. The van der Waals surface area contributed by atoms with Gasteiger partial charge in [-0.1, -0.05) is 6.07 Å². The Morgan fingerprint density at radius 1 is 1.13 bits per heavy atom. The summed E-state index contributed by atoms with van der Waals surface area (Å²) in [6.07, 6.45) is 3.23. The fraction of sp³-hybridized carbons (Fsp3) is 0.588. The number of carbonyl (C=O) groups excluding carboxylic acids is 1. The second kappa shape index (κ2) is 6.02. The molecule has 3 aliphatic rings. The van der Waals surface area contributed by atoms with E-state index in [1.165, 1.54) is 0 Å². The number of fused-ring (bicyclic) bond motifs is 1. The zero-order valence-electron chi connectivity index (χ0n) is 13.0. The summed E-state index contributed by atoms with van der Waals surface area (Å²) in [5, 5.41) is 3.02. The van der Waals surface area contributed by atoms with Crippen LogP contribution in [0.3, 0.4) is 0 Å². The number of ether oxygens (including phenoxy) is 4. The molecule has 0 radical (unpaired) electrons. The number of hydrogen-bond donors (Lipinski definition) is 1. The Morgan fingerprint density at radius 2 is 1.87 bits per heavy atom. The van der Waals surface area contributed by atoms with Gasteiger partial charge in [0.05, 0.1) is 13.2 Å². The number of benzene rings is 1. The number of rotatable bonds is 3. The average molecular weight is 319 g/mol. The monoisotopic (exact) mass is 319 g/mol. The molecule has 1 saturated carbocycles. The van der Waals surface area contributed by atoms with E-state index in [-0.39, 0.29) is 18.6 Å². The quantitative estimate of drug-likeness (QED) is 0.922. The fourth-order valence-electron chi connectivity index (χ4n) is 3.49. The maximum Gasteiger partial charge on any atom is 0.231 e. The Morgan fingerprint density at radius 3 is 2.65 bits per heavy atom. The third-order valence-corrected chi connectivity index (χ3v) is 4.84. The van der Waals surface area contributed by atoms with Crippen LogP contribution in [0.5, 0.6) is 11.5 Å². The molecule has 1 aromatic carbocycles. The van der Waals surface area contributed by atoms with E-state index in [4.69, 9.17) is 18.9 Å². The second-order valence-corrected chi connectivity index (χ2v) is 6.29. The van der Waals surface area contributed by atoms with E-state index in [1.807, 2.05) is 18.2 Å². The van der Waals surface area contributed by atoms with Gasteiger partial charge in [-0.05, 0) is 30.5 Å². The highest BCUT2D eigenvalue weighted by molar-refractivity contribution is 5.78. The molecule has 6 nitrogen and oxygen atoms in total. The summed E-state index contributed by atoms with van der Waals surface area (Å²) in [4.78, 5) is 12.4. The molecule has 0 bridgehead atoms. The van der Waals surface area contributed by atoms with Crippen LogP contribution in [0.15, 0.2) is 18.2 Å². The lowest BCUT2D eigenvalue weighted by Gasteiger charge is -2.34. The van der Waals surface area contributed by atoms with Gasteiger partial charge in [-0.25, -0.2) is 0 Å². The van der Waals surface area contributed by atoms with Crippen molar-refractivity contribution in [2.75, 3.05) is 20.0 Å². The van der Waals surface area contributed by atoms with Crippen LogP contribution >= 0.6 is 0 Å². The van der Waals surface area contributed by atoms with Crippen molar-refractivity contribution in [1.82, 2.24) is 5.32 Å². The summed E-state index contributed by atoms with van der Waals surface area (Å²) in [6.45, 7) is 2.10. The van der Waals surface area contributed by atoms with Crippen LogP contribution < -0.4 is 14.8 Å². The Balaban J connectivity index is 1.29. The summed E-state index contributed by atoms with van der Waals surface area (Å²) in [5.41, 5.74) is 1.01. The Kier molecular flexibility index (Phi) is 3.87. The van der Waals surface area contributed by atoms with Crippen LogP contribution in [0, 0.1) is 5.92 Å². The molecule has 0 unspecified atom stereocenters. The van der Waals surface area contributed by atoms with Gasteiger partial charge in [-0.2, -0.15) is 0 Å². The molecule has 1 amide bonds. The van der Waals surface area contributed by atoms with Gasteiger partial charge in [0.25, 0.3) is 0 Å². The van der Waals surface area contributed by atoms with E-state index >= 15 is 0 Å². The standard InChI is InChI=1S/C17H21NO5/c19-16(13-3-5-17(6-4-13)22-7-8-23-17)18-10-12-1-2-14-15(9-12)21-11-20-14/h1-2,9,13H,3-8,10-11H2,(H,18,19). The Bertz CT molecular complexity index is 587. The molecule has 0 aromatic heterocycles. The van der Waals surface area contributed by atoms with Gasteiger partial charge in [0.1, 0.15) is 0 Å². The highest BCUT2D eigenvalue weighted by Crippen LogP contribution is 2.38. The van der Waals surface area contributed by atoms with Crippen molar-refractivity contribution in [3.63, 3.8) is 0 Å². The first-order valence-corrected chi connectivity index (χ1v) is 8.18. The molecule has 1 saturated heterocycles. The summed E-state index contributed by atoms with van der Waals surface area (Å²) in [5.74, 6) is 1.24. The number of amides is 1. The van der Waals surface area contributed by atoms with Crippen molar-refractivity contribution in [1.29, 1.82) is 0 Å². The molecular formula is C17H21NO5. The van der Waals surface area contributed by atoms with Gasteiger partial charge in [0.2, 0.25) is 12.7 Å². The maximum absolute atomic E-state index is 12.4. The maximum atomic E-state index is 12.4. The molecule has 4 rings (SSSR count). The van der Waals surface area contributed by atoms with Crippen molar-refractivity contribution in [2.45, 2.75) is 38.0 Å². The van der Waals surface area contributed by atoms with Crippen molar-refractivity contribution >= 4 is 5.91 Å². The van der Waals surface area contributed by atoms with Crippen molar-refractivity contribution < 1.29 is 23.7 Å². The zero-order valence-corrected chi connectivity index (χ0v) is 13.0. The highest BCUT2D eigenvalue weighted by Gasteiger charge is 2.41. The number of hydrogen-bond acceptors (Lipinski definition) is 5. The van der Waals surface area contributed by atoms with E-state index in [9.17, 15) is 4.79 Å². The largest absolute Gasteiger partial charge is 0.454 e. The van der Waals surface area contributed by atoms with E-state index < -0.39 is 5.79 Å². The van der Waals surface area contributed by atoms with Crippen molar-refractivity contribution in [3.8, 4) is 11.5 Å². The summed E-state index contributed by atoms with van der Waals surface area (Å²) < 4.78 is 22.0. The molecule has 6 heteroatoms. The lowest BCUT2D eigenvalue weighted by molar-refractivity contribution is -0.183. The summed E-state index contributed by atoms with van der Waals surface area (Å²) >= 11 is 0. The molecule has 2 aliphatic heterocycles. The summed E-state index contributed by atoms with van der Waals surface area (Å²) in [6, 6.07) is 5.74. The van der Waals surface area contributed by atoms with Gasteiger partial charge < -0.3 is 24.3 Å². The second-order valence-electron chi connectivity index (χ2n) is 6.29. The van der Waals surface area contributed by atoms with E-state index in [2.05, 4.69) is 5.32 Å². The molecule has 23 heavy (non-hydrogen) atoms. The molecular weight excluding hydrogens is 298 g/mol. The van der Waals surface area contributed by atoms with Crippen molar-refractivity contribution in [2.24, 2.45) is 5.92 Å². The Labute approximate surface area is 135 Å². The molecule has 1 N–H and O–H groups in total. The number of nitrogens with one attached hydrogen (secondary N) is 1. The van der Waals surface area contributed by atoms with Crippen molar-refractivity contribution in [3.05, 3.63) is 23.8 Å². The molecule has 2 fully saturated rings. The SMILES string of the molecule is O=C(NCc1ccc2c(c1)OCO2)C1CCC2(CC1)OCCO2. The fourth-order valence-corrected chi connectivity index (χ4v) is 3.49. The normalized spacial score (nSPS) is 22.4. The third kappa shape index (κ3) is 3.01. The first-order chi connectivity index (χ1) is 11.2. The lowest BCUT2D eigenvalue weighted by atomic mass is 9.84. The van der Waals surface area contributed by atoms with Crippen LogP contribution in [0.25, 0.3) is 0 Å². The predicted molar refractivity (Wildman–Crippen MR) is 81.0 cm³/mol. The van der Waals surface area contributed by atoms with Gasteiger partial charge >= 0.3 is 0 Å². The van der Waals surface area contributed by atoms with Crippen LogP contribution in [-0.2, 0) is 20.8 Å². The van der Waals surface area contributed by atoms with Crippen LogP contribution in [-0.4, -0.2) is 31.7 Å². The first kappa shape index (κ1) is 14.8. The predicted octanol–water partition coefficient (Wildman–Crippen LogP) is 1.96. The average Bonchev–Trinajstić information content (AvgIpc) is 3.22. The van der Waals surface area contributed by atoms with Gasteiger partial charge in [0, 0.05) is 25.3 Å². The van der Waals surface area contributed by atoms with Crippen LogP contribution in [0.2, 0.25) is 0 Å². The molecule has 1 aromatic rings. The minimum atomic E-state index is -0.409. The minimum Gasteiger partial charge on any atom is -0.454 e. The van der Waals surface area contributed by atoms with E-state index in [0.29, 0.717) is 19.8 Å².